The largest absolute Gasteiger partial charge is 0.477 e. The third kappa shape index (κ3) is 2.02. The first-order valence-corrected chi connectivity index (χ1v) is 5.71. The van der Waals surface area contributed by atoms with Crippen LogP contribution in [0.2, 0.25) is 0 Å². The molecule has 0 amide bonds. The van der Waals surface area contributed by atoms with Crippen molar-refractivity contribution in [3.63, 3.8) is 0 Å². The van der Waals surface area contributed by atoms with Crippen molar-refractivity contribution < 1.29 is 9.90 Å². The first kappa shape index (κ1) is 11.0. The van der Waals surface area contributed by atoms with Crippen molar-refractivity contribution in [2.75, 3.05) is 0 Å². The van der Waals surface area contributed by atoms with Gasteiger partial charge in [0.2, 0.25) is 0 Å². The summed E-state index contributed by atoms with van der Waals surface area (Å²) in [5, 5.41) is 9.01. The molecule has 0 aromatic carbocycles. The number of aromatic nitrogens is 2. The number of carboxylic acid groups (broad SMARTS) is 1. The molecule has 0 saturated heterocycles. The summed E-state index contributed by atoms with van der Waals surface area (Å²) < 4.78 is 0.440. The highest BCUT2D eigenvalue weighted by Gasteiger charge is 2.16. The number of thiazole rings is 1. The molecule has 0 atom stereocenters. The molecule has 16 heavy (non-hydrogen) atoms. The van der Waals surface area contributed by atoms with Gasteiger partial charge in [0.1, 0.15) is 5.69 Å². The number of H-pyrrole nitrogens is 1. The smallest absolute Gasteiger partial charge is 0.353 e. The summed E-state index contributed by atoms with van der Waals surface area (Å²) >= 11 is 6.16. The molecule has 6 heteroatoms. The van der Waals surface area contributed by atoms with Gasteiger partial charge in [-0.1, -0.05) is 6.07 Å². The number of pyridine rings is 1. The fourth-order valence-electron chi connectivity index (χ4n) is 1.33. The predicted octanol–water partition coefficient (Wildman–Crippen LogP) is 2.87. The number of nitrogens with zero attached hydrogens (tertiary/aromatic N) is 1. The van der Waals surface area contributed by atoms with Crippen LogP contribution in [0.15, 0.2) is 18.2 Å². The maximum Gasteiger partial charge on any atom is 0.353 e. The van der Waals surface area contributed by atoms with E-state index < -0.39 is 5.97 Å². The van der Waals surface area contributed by atoms with Gasteiger partial charge in [-0.25, -0.2) is 4.79 Å². The normalized spacial score (nSPS) is 10.3. The fourth-order valence-corrected chi connectivity index (χ4v) is 2.48. The van der Waals surface area contributed by atoms with Crippen molar-refractivity contribution >= 4 is 29.5 Å². The Kier molecular flexibility index (Phi) is 2.84. The second kappa shape index (κ2) is 4.15. The van der Waals surface area contributed by atoms with Gasteiger partial charge in [0, 0.05) is 5.69 Å². The molecule has 2 N–H and O–H groups in total. The lowest BCUT2D eigenvalue weighted by Crippen LogP contribution is -1.99. The Morgan fingerprint density at radius 1 is 1.56 bits per heavy atom. The van der Waals surface area contributed by atoms with Crippen LogP contribution in [-0.4, -0.2) is 21.0 Å². The quantitative estimate of drug-likeness (QED) is 0.806. The Balaban J connectivity index is 2.64. The minimum atomic E-state index is -1.02. The molecular formula is C10H8N2O2S2. The fraction of sp³-hybridized carbons (Fsp3) is 0.100. The van der Waals surface area contributed by atoms with Crippen molar-refractivity contribution in [1.82, 2.24) is 9.97 Å². The summed E-state index contributed by atoms with van der Waals surface area (Å²) in [6.07, 6.45) is 0. The van der Waals surface area contributed by atoms with Crippen LogP contribution in [0, 0.1) is 10.9 Å². The van der Waals surface area contributed by atoms with E-state index in [2.05, 4.69) is 9.97 Å². The predicted molar refractivity (Wildman–Crippen MR) is 64.4 cm³/mol. The van der Waals surface area contributed by atoms with Gasteiger partial charge in [-0.05, 0) is 31.3 Å². The Labute approximate surface area is 101 Å². The average Bonchev–Trinajstić information content (AvgIpc) is 2.60. The maximum absolute atomic E-state index is 11.0. The zero-order chi connectivity index (χ0) is 11.7. The molecule has 0 unspecified atom stereocenters. The number of rotatable bonds is 2. The average molecular weight is 252 g/mol. The first-order chi connectivity index (χ1) is 7.58. The van der Waals surface area contributed by atoms with E-state index >= 15 is 0 Å². The SMILES string of the molecule is Cc1cccc(-c2sc(=S)[nH]c2C(=O)O)n1. The van der Waals surface area contributed by atoms with Crippen LogP contribution in [0.1, 0.15) is 16.2 Å². The molecule has 0 saturated carbocycles. The zero-order valence-electron chi connectivity index (χ0n) is 8.35. The van der Waals surface area contributed by atoms with Crippen molar-refractivity contribution in [3.05, 3.63) is 33.5 Å². The molecule has 2 aromatic heterocycles. The molecular weight excluding hydrogens is 244 g/mol. The van der Waals surface area contributed by atoms with E-state index in [-0.39, 0.29) is 5.69 Å². The number of hydrogen-bond acceptors (Lipinski definition) is 4. The summed E-state index contributed by atoms with van der Waals surface area (Å²) in [4.78, 5) is 18.5. The Morgan fingerprint density at radius 2 is 2.31 bits per heavy atom. The number of aryl methyl sites for hydroxylation is 1. The van der Waals surface area contributed by atoms with E-state index in [4.69, 9.17) is 17.3 Å². The van der Waals surface area contributed by atoms with E-state index in [1.807, 2.05) is 19.1 Å². The number of aromatic carboxylic acids is 1. The molecule has 4 nitrogen and oxygen atoms in total. The van der Waals surface area contributed by atoms with Crippen LogP contribution in [0.25, 0.3) is 10.6 Å². The van der Waals surface area contributed by atoms with Crippen LogP contribution in [0.3, 0.4) is 0 Å². The van der Waals surface area contributed by atoms with Gasteiger partial charge in [0.15, 0.2) is 3.95 Å². The number of nitrogens with one attached hydrogen (secondary N) is 1. The Bertz CT molecular complexity index is 601. The Hall–Kier alpha value is -1.53. The molecule has 82 valence electrons. The highest BCUT2D eigenvalue weighted by Crippen LogP contribution is 2.27. The second-order valence-electron chi connectivity index (χ2n) is 3.19. The van der Waals surface area contributed by atoms with Crippen LogP contribution in [0.4, 0.5) is 0 Å². The molecule has 0 aliphatic heterocycles. The second-order valence-corrected chi connectivity index (χ2v) is 4.88. The number of carboxylic acids is 1. The van der Waals surface area contributed by atoms with Gasteiger partial charge in [0.05, 0.1) is 10.6 Å². The lowest BCUT2D eigenvalue weighted by Gasteiger charge is -1.99. The van der Waals surface area contributed by atoms with Gasteiger partial charge < -0.3 is 10.1 Å². The molecule has 2 heterocycles. The molecule has 0 bridgehead atoms. The standard InChI is InChI=1S/C10H8N2O2S2/c1-5-3-2-4-6(11-5)8-7(9(13)14)12-10(15)16-8/h2-4H,1H3,(H,12,15)(H,13,14). The molecule has 0 aliphatic carbocycles. The third-order valence-corrected chi connectivity index (χ3v) is 3.24. The summed E-state index contributed by atoms with van der Waals surface area (Å²) in [6.45, 7) is 1.86. The van der Waals surface area contributed by atoms with Gasteiger partial charge in [-0.3, -0.25) is 4.98 Å². The molecule has 0 spiro atoms. The highest BCUT2D eigenvalue weighted by molar-refractivity contribution is 7.73. The van der Waals surface area contributed by atoms with Gasteiger partial charge in [-0.2, -0.15) is 0 Å². The summed E-state index contributed by atoms with van der Waals surface area (Å²) in [5.74, 6) is -1.02. The zero-order valence-corrected chi connectivity index (χ0v) is 9.98. The molecule has 0 radical (unpaired) electrons. The van der Waals surface area contributed by atoms with Gasteiger partial charge in [0.25, 0.3) is 0 Å². The number of hydrogen-bond donors (Lipinski definition) is 2. The molecule has 2 aromatic rings. The van der Waals surface area contributed by atoms with Crippen LogP contribution in [-0.2, 0) is 0 Å². The van der Waals surface area contributed by atoms with E-state index in [0.29, 0.717) is 14.5 Å². The summed E-state index contributed by atoms with van der Waals surface area (Å²) in [5.41, 5.74) is 1.58. The minimum absolute atomic E-state index is 0.105. The lowest BCUT2D eigenvalue weighted by atomic mass is 10.2. The van der Waals surface area contributed by atoms with Crippen molar-refractivity contribution in [2.45, 2.75) is 6.92 Å². The highest BCUT2D eigenvalue weighted by atomic mass is 32.1. The van der Waals surface area contributed by atoms with Crippen LogP contribution in [0.5, 0.6) is 0 Å². The van der Waals surface area contributed by atoms with Crippen molar-refractivity contribution in [2.24, 2.45) is 0 Å². The molecule has 0 fully saturated rings. The van der Waals surface area contributed by atoms with Gasteiger partial charge in [-0.15, -0.1) is 11.3 Å². The third-order valence-electron chi connectivity index (χ3n) is 1.98. The first-order valence-electron chi connectivity index (χ1n) is 4.48. The summed E-state index contributed by atoms with van der Waals surface area (Å²) in [6, 6.07) is 5.47. The Morgan fingerprint density at radius 3 is 2.94 bits per heavy atom. The van der Waals surface area contributed by atoms with Crippen LogP contribution >= 0.6 is 23.6 Å². The maximum atomic E-state index is 11.0. The minimum Gasteiger partial charge on any atom is -0.477 e. The van der Waals surface area contributed by atoms with E-state index in [0.717, 1.165) is 5.69 Å². The lowest BCUT2D eigenvalue weighted by molar-refractivity contribution is 0.0692. The van der Waals surface area contributed by atoms with Crippen molar-refractivity contribution in [1.29, 1.82) is 0 Å². The topological polar surface area (TPSA) is 66.0 Å². The molecule has 2 rings (SSSR count). The van der Waals surface area contributed by atoms with E-state index in [1.54, 1.807) is 6.07 Å². The van der Waals surface area contributed by atoms with E-state index in [1.165, 1.54) is 11.3 Å². The monoisotopic (exact) mass is 252 g/mol. The van der Waals surface area contributed by atoms with E-state index in [9.17, 15) is 4.79 Å². The van der Waals surface area contributed by atoms with Crippen molar-refractivity contribution in [3.8, 4) is 10.6 Å². The number of carbonyl (C=O) groups is 1. The molecule has 0 aliphatic rings. The summed E-state index contributed by atoms with van der Waals surface area (Å²) in [7, 11) is 0. The number of aromatic amines is 1. The van der Waals surface area contributed by atoms with Gasteiger partial charge >= 0.3 is 5.97 Å². The van der Waals surface area contributed by atoms with Crippen LogP contribution < -0.4 is 0 Å².